The molecular weight excluding hydrogens is 228 g/mol. The highest BCUT2D eigenvalue weighted by molar-refractivity contribution is 5.77. The second-order valence-corrected chi connectivity index (χ2v) is 5.72. The Hall–Kier alpha value is -0.610. The Labute approximate surface area is 111 Å². The maximum Gasteiger partial charge on any atom is 0.221 e. The van der Waals surface area contributed by atoms with E-state index in [1.807, 2.05) is 13.8 Å². The molecule has 0 aliphatic heterocycles. The van der Waals surface area contributed by atoms with Crippen molar-refractivity contribution in [2.45, 2.75) is 70.4 Å². The summed E-state index contributed by atoms with van der Waals surface area (Å²) in [6, 6.07) is 0. The van der Waals surface area contributed by atoms with Gasteiger partial charge in [-0.15, -0.1) is 0 Å². The molecule has 0 saturated heterocycles. The molecule has 1 fully saturated rings. The van der Waals surface area contributed by atoms with Gasteiger partial charge in [0.05, 0.1) is 6.10 Å². The number of carbonyl (C=O) groups excluding carboxylic acids is 1. The minimum atomic E-state index is -0.253. The maximum absolute atomic E-state index is 11.8. The van der Waals surface area contributed by atoms with Crippen molar-refractivity contribution in [1.82, 2.24) is 5.32 Å². The number of rotatable bonds is 7. The Morgan fingerprint density at radius 2 is 2.00 bits per heavy atom. The van der Waals surface area contributed by atoms with Gasteiger partial charge in [-0.05, 0) is 33.1 Å². The van der Waals surface area contributed by atoms with E-state index in [0.717, 1.165) is 32.1 Å². The first-order chi connectivity index (χ1) is 8.52. The third-order valence-corrected chi connectivity index (χ3v) is 3.46. The third kappa shape index (κ3) is 6.36. The van der Waals surface area contributed by atoms with E-state index < -0.39 is 0 Å². The van der Waals surface area contributed by atoms with Gasteiger partial charge in [0.15, 0.2) is 0 Å². The van der Waals surface area contributed by atoms with Crippen LogP contribution in [0.3, 0.4) is 0 Å². The van der Waals surface area contributed by atoms with E-state index in [-0.39, 0.29) is 17.6 Å². The number of hydrogen-bond donors (Lipinski definition) is 2. The molecule has 0 aromatic rings. The van der Waals surface area contributed by atoms with Crippen LogP contribution >= 0.6 is 0 Å². The first kappa shape index (κ1) is 15.4. The molecular formula is C14H28N2O2. The van der Waals surface area contributed by atoms with Crippen LogP contribution in [0.25, 0.3) is 0 Å². The summed E-state index contributed by atoms with van der Waals surface area (Å²) in [6.45, 7) is 5.41. The van der Waals surface area contributed by atoms with Crippen LogP contribution in [0.15, 0.2) is 0 Å². The molecule has 0 aromatic heterocycles. The largest absolute Gasteiger partial charge is 0.379 e. The van der Waals surface area contributed by atoms with Gasteiger partial charge in [0.1, 0.15) is 0 Å². The molecule has 1 amide bonds. The van der Waals surface area contributed by atoms with Gasteiger partial charge in [-0.1, -0.05) is 19.3 Å². The first-order valence-electron chi connectivity index (χ1n) is 7.19. The second-order valence-electron chi connectivity index (χ2n) is 5.72. The second kappa shape index (κ2) is 7.74. The smallest absolute Gasteiger partial charge is 0.221 e. The van der Waals surface area contributed by atoms with Crippen LogP contribution in [0.2, 0.25) is 0 Å². The maximum atomic E-state index is 11.8. The topological polar surface area (TPSA) is 64.3 Å². The lowest BCUT2D eigenvalue weighted by Gasteiger charge is -2.32. The number of carbonyl (C=O) groups is 1. The van der Waals surface area contributed by atoms with Gasteiger partial charge < -0.3 is 15.8 Å². The van der Waals surface area contributed by atoms with Crippen molar-refractivity contribution in [3.8, 4) is 0 Å². The van der Waals surface area contributed by atoms with E-state index in [9.17, 15) is 4.79 Å². The van der Waals surface area contributed by atoms with E-state index in [1.54, 1.807) is 0 Å². The highest BCUT2D eigenvalue weighted by Gasteiger charge is 2.29. The fraction of sp³-hybridized carbons (Fsp3) is 0.929. The molecule has 18 heavy (non-hydrogen) atoms. The fourth-order valence-electron chi connectivity index (χ4n) is 2.43. The lowest BCUT2D eigenvalue weighted by atomic mass is 9.80. The van der Waals surface area contributed by atoms with Crippen molar-refractivity contribution in [2.75, 3.05) is 13.2 Å². The SMILES string of the molecule is CC(C)OCCCNC(=O)CC1(N)CCCCC1. The molecule has 106 valence electrons. The van der Waals surface area contributed by atoms with Gasteiger partial charge in [0.2, 0.25) is 5.91 Å². The van der Waals surface area contributed by atoms with E-state index in [0.29, 0.717) is 19.6 Å². The minimum Gasteiger partial charge on any atom is -0.379 e. The summed E-state index contributed by atoms with van der Waals surface area (Å²) < 4.78 is 5.42. The Kier molecular flexibility index (Phi) is 6.65. The summed E-state index contributed by atoms with van der Waals surface area (Å²) >= 11 is 0. The molecule has 0 atom stereocenters. The zero-order valence-electron chi connectivity index (χ0n) is 11.8. The number of nitrogens with one attached hydrogen (secondary N) is 1. The Morgan fingerprint density at radius 1 is 1.33 bits per heavy atom. The van der Waals surface area contributed by atoms with E-state index in [4.69, 9.17) is 10.5 Å². The van der Waals surface area contributed by atoms with E-state index in [1.165, 1.54) is 6.42 Å². The predicted molar refractivity (Wildman–Crippen MR) is 73.3 cm³/mol. The van der Waals surface area contributed by atoms with Crippen LogP contribution in [0.1, 0.15) is 58.8 Å². The summed E-state index contributed by atoms with van der Waals surface area (Å²) in [7, 11) is 0. The molecule has 1 rings (SSSR count). The Balaban J connectivity index is 2.09. The van der Waals surface area contributed by atoms with Crippen molar-refractivity contribution in [3.63, 3.8) is 0 Å². The van der Waals surface area contributed by atoms with E-state index >= 15 is 0 Å². The van der Waals surface area contributed by atoms with Gasteiger partial charge in [0.25, 0.3) is 0 Å². The van der Waals surface area contributed by atoms with Gasteiger partial charge >= 0.3 is 0 Å². The number of ether oxygens (including phenoxy) is 1. The van der Waals surface area contributed by atoms with Crippen LogP contribution < -0.4 is 11.1 Å². The summed E-state index contributed by atoms with van der Waals surface area (Å²) in [5, 5.41) is 2.93. The lowest BCUT2D eigenvalue weighted by Crippen LogP contribution is -2.46. The average Bonchev–Trinajstić information content (AvgIpc) is 2.28. The van der Waals surface area contributed by atoms with E-state index in [2.05, 4.69) is 5.32 Å². The molecule has 0 bridgehead atoms. The highest BCUT2D eigenvalue weighted by atomic mass is 16.5. The Bertz CT molecular complexity index is 248. The van der Waals surface area contributed by atoms with Crippen molar-refractivity contribution in [1.29, 1.82) is 0 Å². The van der Waals surface area contributed by atoms with Crippen LogP contribution in [0.5, 0.6) is 0 Å². The molecule has 1 saturated carbocycles. The zero-order valence-corrected chi connectivity index (χ0v) is 11.8. The molecule has 0 aromatic carbocycles. The quantitative estimate of drug-likeness (QED) is 0.684. The van der Waals surface area contributed by atoms with Gasteiger partial charge in [-0.25, -0.2) is 0 Å². The van der Waals surface area contributed by atoms with Gasteiger partial charge in [-0.2, -0.15) is 0 Å². The molecule has 0 heterocycles. The molecule has 3 N–H and O–H groups in total. The minimum absolute atomic E-state index is 0.0870. The van der Waals surface area contributed by atoms with Crippen LogP contribution in [0.4, 0.5) is 0 Å². The molecule has 0 spiro atoms. The number of hydrogen-bond acceptors (Lipinski definition) is 3. The van der Waals surface area contributed by atoms with Gasteiger partial charge in [0, 0.05) is 25.1 Å². The molecule has 0 radical (unpaired) electrons. The normalized spacial score (nSPS) is 18.9. The first-order valence-corrected chi connectivity index (χ1v) is 7.19. The summed E-state index contributed by atoms with van der Waals surface area (Å²) in [4.78, 5) is 11.8. The zero-order chi connectivity index (χ0) is 13.4. The number of nitrogens with two attached hydrogens (primary N) is 1. The summed E-state index contributed by atoms with van der Waals surface area (Å²) in [5.41, 5.74) is 5.99. The summed E-state index contributed by atoms with van der Waals surface area (Å²) in [6.07, 6.45) is 7.13. The molecule has 4 heteroatoms. The lowest BCUT2D eigenvalue weighted by molar-refractivity contribution is -0.122. The van der Waals surface area contributed by atoms with Crippen LogP contribution in [-0.2, 0) is 9.53 Å². The molecule has 0 unspecified atom stereocenters. The van der Waals surface area contributed by atoms with Crippen molar-refractivity contribution in [3.05, 3.63) is 0 Å². The molecule has 1 aliphatic rings. The predicted octanol–water partition coefficient (Wildman–Crippen LogP) is 1.97. The molecule has 4 nitrogen and oxygen atoms in total. The fourth-order valence-corrected chi connectivity index (χ4v) is 2.43. The highest BCUT2D eigenvalue weighted by Crippen LogP contribution is 2.28. The average molecular weight is 256 g/mol. The number of amides is 1. The standard InChI is InChI=1S/C14H28N2O2/c1-12(2)18-10-6-9-16-13(17)11-14(15)7-4-3-5-8-14/h12H,3-11,15H2,1-2H3,(H,16,17). The van der Waals surface area contributed by atoms with Crippen molar-refractivity contribution in [2.24, 2.45) is 5.73 Å². The molecule has 1 aliphatic carbocycles. The van der Waals surface area contributed by atoms with Gasteiger partial charge in [-0.3, -0.25) is 4.79 Å². The van der Waals surface area contributed by atoms with Crippen LogP contribution in [0, 0.1) is 0 Å². The van der Waals surface area contributed by atoms with Crippen molar-refractivity contribution >= 4 is 5.91 Å². The van der Waals surface area contributed by atoms with Crippen LogP contribution in [-0.4, -0.2) is 30.7 Å². The monoisotopic (exact) mass is 256 g/mol. The summed E-state index contributed by atoms with van der Waals surface area (Å²) in [5.74, 6) is 0.0870. The Morgan fingerprint density at radius 3 is 2.61 bits per heavy atom. The third-order valence-electron chi connectivity index (χ3n) is 3.46. The van der Waals surface area contributed by atoms with Crippen molar-refractivity contribution < 1.29 is 9.53 Å².